The number of nitrogens with one attached hydrogen (secondary N) is 1. The van der Waals surface area contributed by atoms with Gasteiger partial charge in [-0.2, -0.15) is 0 Å². The number of oxazole rings is 1. The monoisotopic (exact) mass is 341 g/mol. The molecule has 0 spiro atoms. The van der Waals surface area contributed by atoms with Crippen LogP contribution in [0.4, 0.5) is 15.8 Å². The number of rotatable bonds is 3. The van der Waals surface area contributed by atoms with Gasteiger partial charge in [0.15, 0.2) is 5.58 Å². The molecule has 2 aromatic carbocycles. The Balaban J connectivity index is 1.58. The Bertz CT molecular complexity index is 1020. The number of halogens is 1. The van der Waals surface area contributed by atoms with Gasteiger partial charge in [-0.25, -0.2) is 9.18 Å². The Labute approximate surface area is 142 Å². The lowest BCUT2D eigenvalue weighted by molar-refractivity contribution is -0.117. The molecular formula is C18H16FN3O3. The molecule has 1 aliphatic heterocycles. The first-order valence-electron chi connectivity index (χ1n) is 7.96. The number of hydrogen-bond acceptors (Lipinski definition) is 4. The van der Waals surface area contributed by atoms with Crippen molar-refractivity contribution in [3.8, 4) is 0 Å². The average Bonchev–Trinajstić information content (AvgIpc) is 3.09. The molecule has 25 heavy (non-hydrogen) atoms. The molecular weight excluding hydrogens is 325 g/mol. The molecule has 1 amide bonds. The molecule has 0 bridgehead atoms. The molecule has 2 heterocycles. The summed E-state index contributed by atoms with van der Waals surface area (Å²) >= 11 is 0. The summed E-state index contributed by atoms with van der Waals surface area (Å²) in [6.07, 6.45) is 0.565. The molecule has 4 rings (SSSR count). The highest BCUT2D eigenvalue weighted by Crippen LogP contribution is 2.27. The average molecular weight is 341 g/mol. The van der Waals surface area contributed by atoms with Crippen molar-refractivity contribution in [2.24, 2.45) is 7.05 Å². The van der Waals surface area contributed by atoms with E-state index in [0.717, 1.165) is 0 Å². The Morgan fingerprint density at radius 2 is 2.00 bits per heavy atom. The predicted molar refractivity (Wildman–Crippen MR) is 92.2 cm³/mol. The Morgan fingerprint density at radius 3 is 2.80 bits per heavy atom. The number of fused-ring (bicyclic) bond motifs is 1. The van der Waals surface area contributed by atoms with E-state index in [1.165, 1.54) is 15.5 Å². The summed E-state index contributed by atoms with van der Waals surface area (Å²) in [7, 11) is 1.62. The molecule has 0 aliphatic carbocycles. The van der Waals surface area contributed by atoms with Gasteiger partial charge in [-0.15, -0.1) is 0 Å². The van der Waals surface area contributed by atoms with Crippen LogP contribution >= 0.6 is 0 Å². The van der Waals surface area contributed by atoms with Gasteiger partial charge < -0.3 is 14.6 Å². The first kappa shape index (κ1) is 15.4. The van der Waals surface area contributed by atoms with Crippen LogP contribution in [0.1, 0.15) is 6.42 Å². The van der Waals surface area contributed by atoms with Gasteiger partial charge in [-0.3, -0.25) is 9.36 Å². The third-order valence-corrected chi connectivity index (χ3v) is 4.48. The summed E-state index contributed by atoms with van der Waals surface area (Å²) < 4.78 is 20.4. The first-order valence-corrected chi connectivity index (χ1v) is 7.96. The molecule has 1 N–H and O–H groups in total. The highest BCUT2D eigenvalue weighted by atomic mass is 19.1. The quantitative estimate of drug-likeness (QED) is 0.795. The Kier molecular flexibility index (Phi) is 3.56. The van der Waals surface area contributed by atoms with Crippen molar-refractivity contribution < 1.29 is 13.6 Å². The van der Waals surface area contributed by atoms with Crippen LogP contribution in [0.2, 0.25) is 0 Å². The molecule has 1 aromatic heterocycles. The van der Waals surface area contributed by atoms with Crippen molar-refractivity contribution in [3.05, 3.63) is 58.8 Å². The van der Waals surface area contributed by atoms with Crippen LogP contribution < -0.4 is 16.0 Å². The summed E-state index contributed by atoms with van der Waals surface area (Å²) in [6, 6.07) is 11.0. The van der Waals surface area contributed by atoms with Crippen LogP contribution in [0.3, 0.4) is 0 Å². The van der Waals surface area contributed by atoms with Gasteiger partial charge in [0.1, 0.15) is 11.9 Å². The number of nitrogens with zero attached hydrogens (tertiary/aromatic N) is 2. The number of anilines is 2. The van der Waals surface area contributed by atoms with Gasteiger partial charge in [0.2, 0.25) is 5.91 Å². The maximum Gasteiger partial charge on any atom is 0.419 e. The molecule has 1 saturated heterocycles. The smallest absolute Gasteiger partial charge is 0.408 e. The van der Waals surface area contributed by atoms with Crippen LogP contribution in [-0.2, 0) is 11.8 Å². The number of aryl methyl sites for hydroxylation is 1. The molecule has 1 fully saturated rings. The Hall–Kier alpha value is -3.09. The number of para-hydroxylation sites is 1. The fourth-order valence-corrected chi connectivity index (χ4v) is 3.14. The zero-order valence-electron chi connectivity index (χ0n) is 13.5. The number of benzene rings is 2. The second-order valence-electron chi connectivity index (χ2n) is 6.04. The molecule has 1 atom stereocenters. The van der Waals surface area contributed by atoms with E-state index in [0.29, 0.717) is 35.4 Å². The van der Waals surface area contributed by atoms with Crippen molar-refractivity contribution in [3.63, 3.8) is 0 Å². The largest absolute Gasteiger partial charge is 0.419 e. The van der Waals surface area contributed by atoms with E-state index < -0.39 is 17.6 Å². The normalized spacial score (nSPS) is 17.4. The lowest BCUT2D eigenvalue weighted by atomic mass is 10.2. The van der Waals surface area contributed by atoms with Gasteiger partial charge in [-0.1, -0.05) is 12.1 Å². The molecule has 0 saturated carbocycles. The SMILES string of the molecule is Cn1c(=O)oc2ccc(N[C@H]3CCN(c4ccccc4F)C3=O)cc21. The summed E-state index contributed by atoms with van der Waals surface area (Å²) in [5, 5.41) is 3.17. The molecule has 0 radical (unpaired) electrons. The van der Waals surface area contributed by atoms with Crippen LogP contribution in [0.25, 0.3) is 11.1 Å². The van der Waals surface area contributed by atoms with E-state index in [1.54, 1.807) is 43.4 Å². The van der Waals surface area contributed by atoms with Crippen LogP contribution in [0.15, 0.2) is 51.7 Å². The highest BCUT2D eigenvalue weighted by Gasteiger charge is 2.33. The maximum atomic E-state index is 13.9. The zero-order chi connectivity index (χ0) is 17.6. The number of aromatic nitrogens is 1. The zero-order valence-corrected chi connectivity index (χ0v) is 13.5. The van der Waals surface area contributed by atoms with Crippen molar-refractivity contribution >= 4 is 28.4 Å². The van der Waals surface area contributed by atoms with E-state index in [-0.39, 0.29) is 5.91 Å². The maximum absolute atomic E-state index is 13.9. The second-order valence-corrected chi connectivity index (χ2v) is 6.04. The van der Waals surface area contributed by atoms with E-state index >= 15 is 0 Å². The van der Waals surface area contributed by atoms with Gasteiger partial charge in [0.05, 0.1) is 11.2 Å². The molecule has 0 unspecified atom stereocenters. The molecule has 3 aromatic rings. The van der Waals surface area contributed by atoms with Gasteiger partial charge >= 0.3 is 5.76 Å². The van der Waals surface area contributed by atoms with Crippen molar-refractivity contribution in [2.75, 3.05) is 16.8 Å². The van der Waals surface area contributed by atoms with E-state index in [1.807, 2.05) is 0 Å². The minimum atomic E-state index is -0.444. The number of hydrogen-bond donors (Lipinski definition) is 1. The molecule has 1 aliphatic rings. The summed E-state index contributed by atoms with van der Waals surface area (Å²) in [5.41, 5.74) is 2.14. The molecule has 6 nitrogen and oxygen atoms in total. The van der Waals surface area contributed by atoms with Crippen LogP contribution in [0.5, 0.6) is 0 Å². The predicted octanol–water partition coefficient (Wildman–Crippen LogP) is 2.49. The topological polar surface area (TPSA) is 67.5 Å². The molecule has 128 valence electrons. The fraction of sp³-hybridized carbons (Fsp3) is 0.222. The van der Waals surface area contributed by atoms with Crippen LogP contribution in [-0.4, -0.2) is 23.1 Å². The third kappa shape index (κ3) is 2.57. The minimum Gasteiger partial charge on any atom is -0.408 e. The van der Waals surface area contributed by atoms with Crippen LogP contribution in [0, 0.1) is 5.82 Å². The lowest BCUT2D eigenvalue weighted by Gasteiger charge is -2.18. The second kappa shape index (κ2) is 5.77. The summed E-state index contributed by atoms with van der Waals surface area (Å²) in [4.78, 5) is 25.6. The fourth-order valence-electron chi connectivity index (χ4n) is 3.14. The number of carbonyl (C=O) groups excluding carboxylic acids is 1. The van der Waals surface area contributed by atoms with Crippen molar-refractivity contribution in [2.45, 2.75) is 12.5 Å². The Morgan fingerprint density at radius 1 is 1.20 bits per heavy atom. The first-order chi connectivity index (χ1) is 12.0. The van der Waals surface area contributed by atoms with E-state index in [2.05, 4.69) is 5.32 Å². The van der Waals surface area contributed by atoms with Gasteiger partial charge in [0.25, 0.3) is 0 Å². The highest BCUT2D eigenvalue weighted by molar-refractivity contribution is 6.01. The number of amides is 1. The third-order valence-electron chi connectivity index (χ3n) is 4.48. The standard InChI is InChI=1S/C18H16FN3O3/c1-21-15-10-11(6-7-16(15)25-18(21)24)20-13-8-9-22(17(13)23)14-5-3-2-4-12(14)19/h2-7,10,13,20H,8-9H2,1H3/t13-/m0/s1. The summed E-state index contributed by atoms with van der Waals surface area (Å²) in [5.74, 6) is -1.02. The molecule has 7 heteroatoms. The van der Waals surface area contributed by atoms with E-state index in [4.69, 9.17) is 4.42 Å². The number of carbonyl (C=O) groups is 1. The van der Waals surface area contributed by atoms with E-state index in [9.17, 15) is 14.0 Å². The van der Waals surface area contributed by atoms with Crippen molar-refractivity contribution in [1.82, 2.24) is 4.57 Å². The van der Waals surface area contributed by atoms with Gasteiger partial charge in [-0.05, 0) is 36.8 Å². The summed E-state index contributed by atoms with van der Waals surface area (Å²) in [6.45, 7) is 0.448. The minimum absolute atomic E-state index is 0.175. The lowest BCUT2D eigenvalue weighted by Crippen LogP contribution is -2.33. The van der Waals surface area contributed by atoms with Crippen molar-refractivity contribution in [1.29, 1.82) is 0 Å². The van der Waals surface area contributed by atoms with Gasteiger partial charge in [0, 0.05) is 19.3 Å².